The summed E-state index contributed by atoms with van der Waals surface area (Å²) >= 11 is 15.4. The molecule has 5 heteroatoms. The standard InChI is InChI=1S/C9H9BrCl2O2/c1-4-6(11)8(13-2)5(10)9(14-3)7(4)12/h1-3H3. The molecule has 14 heavy (non-hydrogen) atoms. The van der Waals surface area contributed by atoms with Gasteiger partial charge in [-0.1, -0.05) is 23.2 Å². The lowest BCUT2D eigenvalue weighted by molar-refractivity contribution is 0.389. The topological polar surface area (TPSA) is 18.5 Å². The van der Waals surface area contributed by atoms with Crippen LogP contribution in [0.3, 0.4) is 0 Å². The van der Waals surface area contributed by atoms with Crippen molar-refractivity contribution in [2.75, 3.05) is 14.2 Å². The Hall–Kier alpha value is -0.120. The Bertz CT molecular complexity index is 335. The molecular weight excluding hydrogens is 291 g/mol. The lowest BCUT2D eigenvalue weighted by Crippen LogP contribution is -1.94. The fourth-order valence-electron chi connectivity index (χ4n) is 1.09. The van der Waals surface area contributed by atoms with Crippen LogP contribution in [0.1, 0.15) is 5.56 Å². The van der Waals surface area contributed by atoms with Gasteiger partial charge in [-0.2, -0.15) is 0 Å². The highest BCUT2D eigenvalue weighted by Crippen LogP contribution is 2.47. The van der Waals surface area contributed by atoms with E-state index in [-0.39, 0.29) is 0 Å². The summed E-state index contributed by atoms with van der Waals surface area (Å²) < 4.78 is 10.9. The van der Waals surface area contributed by atoms with Crippen molar-refractivity contribution in [1.29, 1.82) is 0 Å². The van der Waals surface area contributed by atoms with Crippen LogP contribution in [0.15, 0.2) is 4.47 Å². The number of hydrogen-bond acceptors (Lipinski definition) is 2. The average molecular weight is 300 g/mol. The van der Waals surface area contributed by atoms with Gasteiger partial charge in [-0.15, -0.1) is 0 Å². The van der Waals surface area contributed by atoms with E-state index in [1.807, 2.05) is 6.92 Å². The van der Waals surface area contributed by atoms with Gasteiger partial charge in [0.1, 0.15) is 4.47 Å². The van der Waals surface area contributed by atoms with Gasteiger partial charge in [0.25, 0.3) is 0 Å². The van der Waals surface area contributed by atoms with Crippen LogP contribution in [0.25, 0.3) is 0 Å². The normalized spacial score (nSPS) is 10.1. The lowest BCUT2D eigenvalue weighted by Gasteiger charge is -2.14. The van der Waals surface area contributed by atoms with Crippen molar-refractivity contribution < 1.29 is 9.47 Å². The third-order valence-corrected chi connectivity index (χ3v) is 3.49. The van der Waals surface area contributed by atoms with E-state index in [9.17, 15) is 0 Å². The van der Waals surface area contributed by atoms with Gasteiger partial charge in [-0.3, -0.25) is 0 Å². The SMILES string of the molecule is COc1c(Cl)c(C)c(Cl)c(OC)c1Br. The minimum absolute atomic E-state index is 0.491. The second-order valence-electron chi connectivity index (χ2n) is 2.63. The van der Waals surface area contributed by atoms with Crippen molar-refractivity contribution in [2.24, 2.45) is 0 Å². The van der Waals surface area contributed by atoms with Gasteiger partial charge in [-0.25, -0.2) is 0 Å². The van der Waals surface area contributed by atoms with Crippen LogP contribution in [0.5, 0.6) is 11.5 Å². The van der Waals surface area contributed by atoms with E-state index in [2.05, 4.69) is 15.9 Å². The fraction of sp³-hybridized carbons (Fsp3) is 0.333. The monoisotopic (exact) mass is 298 g/mol. The summed E-state index contributed by atoms with van der Waals surface area (Å²) in [7, 11) is 3.08. The molecule has 2 nitrogen and oxygen atoms in total. The highest BCUT2D eigenvalue weighted by molar-refractivity contribution is 9.10. The molecule has 1 rings (SSSR count). The molecule has 0 spiro atoms. The van der Waals surface area contributed by atoms with Gasteiger partial charge >= 0.3 is 0 Å². The predicted octanol–water partition coefficient (Wildman–Crippen LogP) is 4.08. The van der Waals surface area contributed by atoms with Crippen molar-refractivity contribution in [3.05, 3.63) is 20.1 Å². The second kappa shape index (κ2) is 4.60. The van der Waals surface area contributed by atoms with Crippen molar-refractivity contribution >= 4 is 39.1 Å². The van der Waals surface area contributed by atoms with Crippen LogP contribution < -0.4 is 9.47 Å². The Kier molecular flexibility index (Phi) is 3.93. The minimum atomic E-state index is 0.491. The quantitative estimate of drug-likeness (QED) is 0.819. The molecule has 0 saturated heterocycles. The Morgan fingerprint density at radius 3 is 1.64 bits per heavy atom. The van der Waals surface area contributed by atoms with E-state index in [0.717, 1.165) is 5.56 Å². The molecule has 0 aliphatic rings. The first-order chi connectivity index (χ1) is 6.54. The number of halogens is 3. The van der Waals surface area contributed by atoms with Crippen molar-refractivity contribution in [2.45, 2.75) is 6.92 Å². The maximum Gasteiger partial charge on any atom is 0.155 e. The molecular formula is C9H9BrCl2O2. The van der Waals surface area contributed by atoms with E-state index in [1.165, 1.54) is 0 Å². The van der Waals surface area contributed by atoms with Crippen LogP contribution in [0.2, 0.25) is 10.0 Å². The first kappa shape index (κ1) is 12.0. The third kappa shape index (κ3) is 1.81. The van der Waals surface area contributed by atoms with Crippen LogP contribution in [-0.2, 0) is 0 Å². The zero-order valence-electron chi connectivity index (χ0n) is 7.95. The molecule has 0 bridgehead atoms. The van der Waals surface area contributed by atoms with E-state index in [1.54, 1.807) is 14.2 Å². The number of methoxy groups -OCH3 is 2. The minimum Gasteiger partial charge on any atom is -0.494 e. The zero-order chi connectivity index (χ0) is 10.9. The molecule has 0 atom stereocenters. The molecule has 0 saturated carbocycles. The number of rotatable bonds is 2. The molecule has 0 radical (unpaired) electrons. The predicted molar refractivity (Wildman–Crippen MR) is 62.0 cm³/mol. The number of benzene rings is 1. The molecule has 0 heterocycles. The summed E-state index contributed by atoms with van der Waals surface area (Å²) in [6.45, 7) is 1.81. The summed E-state index contributed by atoms with van der Waals surface area (Å²) in [5.41, 5.74) is 0.741. The van der Waals surface area contributed by atoms with Crippen LogP contribution in [0, 0.1) is 6.92 Å². The Morgan fingerprint density at radius 2 is 1.36 bits per heavy atom. The lowest BCUT2D eigenvalue weighted by atomic mass is 10.2. The first-order valence-electron chi connectivity index (χ1n) is 3.79. The van der Waals surface area contributed by atoms with E-state index < -0.39 is 0 Å². The van der Waals surface area contributed by atoms with Gasteiger partial charge in [-0.05, 0) is 28.4 Å². The molecule has 1 aromatic carbocycles. The van der Waals surface area contributed by atoms with E-state index in [4.69, 9.17) is 32.7 Å². The Morgan fingerprint density at radius 1 is 1.00 bits per heavy atom. The van der Waals surface area contributed by atoms with Gasteiger partial charge in [0.05, 0.1) is 24.3 Å². The van der Waals surface area contributed by atoms with Crippen LogP contribution >= 0.6 is 39.1 Å². The van der Waals surface area contributed by atoms with Crippen LogP contribution in [0.4, 0.5) is 0 Å². The van der Waals surface area contributed by atoms with Crippen LogP contribution in [-0.4, -0.2) is 14.2 Å². The van der Waals surface area contributed by atoms with Gasteiger partial charge < -0.3 is 9.47 Å². The summed E-state index contributed by atoms with van der Waals surface area (Å²) in [6.07, 6.45) is 0. The van der Waals surface area contributed by atoms with Gasteiger partial charge in [0.2, 0.25) is 0 Å². The smallest absolute Gasteiger partial charge is 0.155 e. The molecule has 0 aromatic heterocycles. The highest BCUT2D eigenvalue weighted by atomic mass is 79.9. The molecule has 0 aliphatic heterocycles. The summed E-state index contributed by atoms with van der Waals surface area (Å²) in [5.74, 6) is 1.07. The van der Waals surface area contributed by atoms with Crippen molar-refractivity contribution in [1.82, 2.24) is 0 Å². The molecule has 1 aromatic rings. The summed E-state index contributed by atoms with van der Waals surface area (Å²) in [5, 5.41) is 0.982. The summed E-state index contributed by atoms with van der Waals surface area (Å²) in [6, 6.07) is 0. The van der Waals surface area contributed by atoms with E-state index in [0.29, 0.717) is 26.0 Å². The van der Waals surface area contributed by atoms with Gasteiger partial charge in [0.15, 0.2) is 11.5 Å². The Labute approximate surface area is 101 Å². The maximum atomic E-state index is 6.04. The fourth-order valence-corrected chi connectivity index (χ4v) is 2.62. The summed E-state index contributed by atoms with van der Waals surface area (Å²) in [4.78, 5) is 0. The third-order valence-electron chi connectivity index (χ3n) is 1.86. The average Bonchev–Trinajstić information content (AvgIpc) is 2.16. The number of hydrogen-bond donors (Lipinski definition) is 0. The molecule has 0 amide bonds. The maximum absolute atomic E-state index is 6.04. The van der Waals surface area contributed by atoms with Crippen molar-refractivity contribution in [3.8, 4) is 11.5 Å². The molecule has 0 fully saturated rings. The van der Waals surface area contributed by atoms with Crippen molar-refractivity contribution in [3.63, 3.8) is 0 Å². The van der Waals surface area contributed by atoms with E-state index >= 15 is 0 Å². The highest BCUT2D eigenvalue weighted by Gasteiger charge is 2.19. The Balaban J connectivity index is 3.56. The molecule has 0 aliphatic carbocycles. The molecule has 0 unspecified atom stereocenters. The van der Waals surface area contributed by atoms with Gasteiger partial charge in [0, 0.05) is 0 Å². The molecule has 0 N–H and O–H groups in total. The largest absolute Gasteiger partial charge is 0.494 e. The second-order valence-corrected chi connectivity index (χ2v) is 4.18. The first-order valence-corrected chi connectivity index (χ1v) is 5.34. The zero-order valence-corrected chi connectivity index (χ0v) is 11.0. The number of ether oxygens (including phenoxy) is 2. The molecule has 78 valence electrons.